The average Bonchev–Trinajstić information content (AvgIpc) is 2.90. The molecule has 6 nitrogen and oxygen atoms in total. The lowest BCUT2D eigenvalue weighted by atomic mass is 10.1. The molecule has 0 unspecified atom stereocenters. The highest BCUT2D eigenvalue weighted by molar-refractivity contribution is 5.95. The van der Waals surface area contributed by atoms with E-state index in [0.717, 1.165) is 0 Å². The monoisotopic (exact) mass is 340 g/mol. The van der Waals surface area contributed by atoms with Gasteiger partial charge in [0, 0.05) is 11.1 Å². The van der Waals surface area contributed by atoms with Gasteiger partial charge in [-0.15, -0.1) is 0 Å². The van der Waals surface area contributed by atoms with Crippen LogP contribution < -0.4 is 10.6 Å². The zero-order valence-corrected chi connectivity index (χ0v) is 13.5. The van der Waals surface area contributed by atoms with Gasteiger partial charge in [-0.05, 0) is 30.7 Å². The van der Waals surface area contributed by atoms with Crippen LogP contribution in [0.25, 0.3) is 0 Å². The smallest absolute Gasteiger partial charge is 0.251 e. The summed E-state index contributed by atoms with van der Waals surface area (Å²) in [6.45, 7) is 0. The summed E-state index contributed by atoms with van der Waals surface area (Å²) in [4.78, 5) is 24.4. The predicted octanol–water partition coefficient (Wildman–Crippen LogP) is 0.709. The summed E-state index contributed by atoms with van der Waals surface area (Å²) < 4.78 is 0. The molecule has 1 aliphatic carbocycles. The molecular formula is C19H20N2O4. The largest absolute Gasteiger partial charge is 0.391 e. The summed E-state index contributed by atoms with van der Waals surface area (Å²) >= 11 is 0. The Morgan fingerprint density at radius 3 is 1.80 bits per heavy atom. The molecule has 4 N–H and O–H groups in total. The minimum atomic E-state index is -1.07. The molecule has 25 heavy (non-hydrogen) atoms. The first kappa shape index (κ1) is 17.1. The molecule has 0 aromatic heterocycles. The fourth-order valence-corrected chi connectivity index (χ4v) is 3.02. The van der Waals surface area contributed by atoms with Crippen LogP contribution in [0.1, 0.15) is 27.1 Å². The standard InChI is InChI=1S/C19H20N2O4/c22-15-11-14(20-18(24)12-7-3-1-4-8-12)17(23)16(15)21-19(25)13-9-5-2-6-10-13/h1-10,14-17,22-23H,11H2,(H,20,24)(H,21,25)/t14-,15-,16+,17+/m1/s1. The van der Waals surface area contributed by atoms with Gasteiger partial charge in [0.1, 0.15) is 0 Å². The SMILES string of the molecule is O=C(N[C@@H]1[C@@H](O)[C@H](NC(=O)c2ccccc2)C[C@H]1O)c1ccccc1. The number of carbonyl (C=O) groups excluding carboxylic acids is 2. The third-order valence-electron chi connectivity index (χ3n) is 4.38. The van der Waals surface area contributed by atoms with Crippen LogP contribution in [0, 0.1) is 0 Å². The zero-order valence-electron chi connectivity index (χ0n) is 13.5. The molecule has 1 saturated carbocycles. The minimum absolute atomic E-state index is 0.166. The van der Waals surface area contributed by atoms with Crippen LogP contribution in [0.3, 0.4) is 0 Å². The number of benzene rings is 2. The number of hydrogen-bond donors (Lipinski definition) is 4. The minimum Gasteiger partial charge on any atom is -0.391 e. The molecule has 3 rings (SSSR count). The number of nitrogens with one attached hydrogen (secondary N) is 2. The second kappa shape index (κ2) is 7.46. The first-order valence-corrected chi connectivity index (χ1v) is 8.14. The van der Waals surface area contributed by atoms with E-state index >= 15 is 0 Å². The Bertz CT molecular complexity index is 736. The van der Waals surface area contributed by atoms with Crippen molar-refractivity contribution in [1.29, 1.82) is 0 Å². The van der Waals surface area contributed by atoms with Crippen molar-refractivity contribution >= 4 is 11.8 Å². The van der Waals surface area contributed by atoms with E-state index in [0.29, 0.717) is 11.1 Å². The van der Waals surface area contributed by atoms with Gasteiger partial charge in [-0.2, -0.15) is 0 Å². The number of aliphatic hydroxyl groups is 2. The second-order valence-electron chi connectivity index (χ2n) is 6.10. The van der Waals surface area contributed by atoms with Crippen molar-refractivity contribution in [2.45, 2.75) is 30.7 Å². The van der Waals surface area contributed by atoms with E-state index in [4.69, 9.17) is 0 Å². The maximum atomic E-state index is 12.2. The van der Waals surface area contributed by atoms with Gasteiger partial charge in [0.15, 0.2) is 0 Å². The molecule has 0 radical (unpaired) electrons. The summed E-state index contributed by atoms with van der Waals surface area (Å²) in [6.07, 6.45) is -1.85. The molecule has 1 fully saturated rings. The second-order valence-corrected chi connectivity index (χ2v) is 6.10. The van der Waals surface area contributed by atoms with Gasteiger partial charge in [-0.3, -0.25) is 9.59 Å². The van der Waals surface area contributed by atoms with E-state index in [1.54, 1.807) is 60.7 Å². The van der Waals surface area contributed by atoms with Gasteiger partial charge < -0.3 is 20.8 Å². The van der Waals surface area contributed by atoms with Crippen LogP contribution >= 0.6 is 0 Å². The maximum absolute atomic E-state index is 12.2. The van der Waals surface area contributed by atoms with Crippen LogP contribution in [0.5, 0.6) is 0 Å². The summed E-state index contributed by atoms with van der Waals surface area (Å²) in [7, 11) is 0. The topological polar surface area (TPSA) is 98.7 Å². The third kappa shape index (κ3) is 3.87. The van der Waals surface area contributed by atoms with Crippen LogP contribution in [0.2, 0.25) is 0 Å². The molecule has 6 heteroatoms. The molecule has 0 bridgehead atoms. The molecule has 0 saturated heterocycles. The van der Waals surface area contributed by atoms with E-state index in [9.17, 15) is 19.8 Å². The highest BCUT2D eigenvalue weighted by Gasteiger charge is 2.43. The Morgan fingerprint density at radius 2 is 1.28 bits per heavy atom. The maximum Gasteiger partial charge on any atom is 0.251 e. The normalized spacial score (nSPS) is 25.4. The van der Waals surface area contributed by atoms with Gasteiger partial charge in [0.2, 0.25) is 0 Å². The van der Waals surface area contributed by atoms with Crippen molar-refractivity contribution in [1.82, 2.24) is 10.6 Å². The number of carbonyl (C=O) groups is 2. The van der Waals surface area contributed by atoms with Crippen molar-refractivity contribution in [3.8, 4) is 0 Å². The molecule has 0 spiro atoms. The predicted molar refractivity (Wildman–Crippen MR) is 92.0 cm³/mol. The molecule has 130 valence electrons. The van der Waals surface area contributed by atoms with E-state index in [1.807, 2.05) is 0 Å². The molecule has 0 heterocycles. The molecule has 2 amide bonds. The fraction of sp³-hybridized carbons (Fsp3) is 0.263. The summed E-state index contributed by atoms with van der Waals surface area (Å²) in [5, 5.41) is 26.0. The average molecular weight is 340 g/mol. The van der Waals surface area contributed by atoms with Crippen molar-refractivity contribution in [2.24, 2.45) is 0 Å². The Labute approximate surface area is 145 Å². The lowest BCUT2D eigenvalue weighted by molar-refractivity contribution is 0.0650. The molecule has 2 aromatic rings. The number of aliphatic hydroxyl groups excluding tert-OH is 2. The summed E-state index contributed by atoms with van der Waals surface area (Å²) in [6, 6.07) is 15.7. The Kier molecular flexibility index (Phi) is 5.11. The van der Waals surface area contributed by atoms with Crippen LogP contribution in [0.4, 0.5) is 0 Å². The van der Waals surface area contributed by atoms with Gasteiger partial charge >= 0.3 is 0 Å². The Hall–Kier alpha value is -2.70. The van der Waals surface area contributed by atoms with Gasteiger partial charge in [-0.1, -0.05) is 36.4 Å². The van der Waals surface area contributed by atoms with Gasteiger partial charge in [0.05, 0.1) is 24.3 Å². The van der Waals surface area contributed by atoms with Gasteiger partial charge in [-0.25, -0.2) is 0 Å². The van der Waals surface area contributed by atoms with E-state index in [2.05, 4.69) is 10.6 Å². The molecule has 1 aliphatic rings. The van der Waals surface area contributed by atoms with E-state index in [1.165, 1.54) is 0 Å². The van der Waals surface area contributed by atoms with Gasteiger partial charge in [0.25, 0.3) is 11.8 Å². The van der Waals surface area contributed by atoms with Crippen molar-refractivity contribution in [3.63, 3.8) is 0 Å². The first-order chi connectivity index (χ1) is 12.1. The number of hydrogen-bond acceptors (Lipinski definition) is 4. The quantitative estimate of drug-likeness (QED) is 0.659. The zero-order chi connectivity index (χ0) is 17.8. The molecular weight excluding hydrogens is 320 g/mol. The van der Waals surface area contributed by atoms with Crippen LogP contribution in [-0.2, 0) is 0 Å². The fourth-order valence-electron chi connectivity index (χ4n) is 3.02. The van der Waals surface area contributed by atoms with Crippen molar-refractivity contribution < 1.29 is 19.8 Å². The van der Waals surface area contributed by atoms with Crippen molar-refractivity contribution in [3.05, 3.63) is 71.8 Å². The first-order valence-electron chi connectivity index (χ1n) is 8.14. The molecule has 2 aromatic carbocycles. The number of rotatable bonds is 4. The van der Waals surface area contributed by atoms with E-state index in [-0.39, 0.29) is 18.2 Å². The van der Waals surface area contributed by atoms with Crippen LogP contribution in [-0.4, -0.2) is 46.3 Å². The molecule has 4 atom stereocenters. The van der Waals surface area contributed by atoms with Crippen LogP contribution in [0.15, 0.2) is 60.7 Å². The summed E-state index contributed by atoms with van der Waals surface area (Å²) in [5.74, 6) is -0.703. The lowest BCUT2D eigenvalue weighted by Gasteiger charge is -2.22. The highest BCUT2D eigenvalue weighted by Crippen LogP contribution is 2.22. The lowest BCUT2D eigenvalue weighted by Crippen LogP contribution is -2.50. The number of amides is 2. The highest BCUT2D eigenvalue weighted by atomic mass is 16.3. The molecule has 0 aliphatic heterocycles. The third-order valence-corrected chi connectivity index (χ3v) is 4.38. The Morgan fingerprint density at radius 1 is 0.800 bits per heavy atom. The van der Waals surface area contributed by atoms with Crippen molar-refractivity contribution in [2.75, 3.05) is 0 Å². The Balaban J connectivity index is 1.64. The van der Waals surface area contributed by atoms with E-state index < -0.39 is 24.3 Å². The summed E-state index contributed by atoms with van der Waals surface area (Å²) in [5.41, 5.74) is 0.916.